The summed E-state index contributed by atoms with van der Waals surface area (Å²) in [5.74, 6) is -0.869. The summed E-state index contributed by atoms with van der Waals surface area (Å²) in [6, 6.07) is 2.61. The molecular weight excluding hydrogens is 420 g/mol. The molecule has 1 saturated heterocycles. The third-order valence-electron chi connectivity index (χ3n) is 5.88. The van der Waals surface area contributed by atoms with Gasteiger partial charge in [0.15, 0.2) is 24.0 Å². The van der Waals surface area contributed by atoms with Crippen molar-refractivity contribution >= 4 is 17.6 Å². The zero-order valence-electron chi connectivity index (χ0n) is 18.0. The first-order valence-corrected chi connectivity index (χ1v) is 10.6. The fraction of sp³-hybridized carbons (Fsp3) is 0.455. The van der Waals surface area contributed by atoms with Gasteiger partial charge in [0.25, 0.3) is 5.91 Å². The number of rotatable bonds is 5. The van der Waals surface area contributed by atoms with Gasteiger partial charge >= 0.3 is 0 Å². The molecule has 1 aromatic carbocycles. The predicted octanol–water partition coefficient (Wildman–Crippen LogP) is 2.44. The number of fused-ring (bicyclic) bond motifs is 1. The molecule has 0 saturated carbocycles. The van der Waals surface area contributed by atoms with Gasteiger partial charge in [-0.15, -0.1) is 0 Å². The van der Waals surface area contributed by atoms with Crippen LogP contribution in [0.4, 0.5) is 14.6 Å². The monoisotopic (exact) mass is 445 g/mol. The summed E-state index contributed by atoms with van der Waals surface area (Å²) in [6.45, 7) is 2.69. The van der Waals surface area contributed by atoms with Gasteiger partial charge < -0.3 is 19.9 Å². The Hall–Kier alpha value is -3.30. The summed E-state index contributed by atoms with van der Waals surface area (Å²) in [5.41, 5.74) is 1.77. The number of hydrogen-bond donors (Lipinski definition) is 1. The van der Waals surface area contributed by atoms with E-state index in [2.05, 4.69) is 10.3 Å². The van der Waals surface area contributed by atoms with E-state index in [0.29, 0.717) is 50.2 Å². The molecule has 2 aromatic rings. The van der Waals surface area contributed by atoms with Crippen molar-refractivity contribution in [3.8, 4) is 5.75 Å². The second-order valence-corrected chi connectivity index (χ2v) is 7.90. The quantitative estimate of drug-likeness (QED) is 0.761. The van der Waals surface area contributed by atoms with E-state index >= 15 is 0 Å². The molecule has 2 amide bonds. The molecule has 1 fully saturated rings. The van der Waals surface area contributed by atoms with Crippen LogP contribution in [-0.4, -0.2) is 58.3 Å². The molecule has 2 aliphatic heterocycles. The number of amides is 2. The average Bonchev–Trinajstić information content (AvgIpc) is 3.27. The highest BCUT2D eigenvalue weighted by atomic mass is 19.1. The Bertz CT molecular complexity index is 1050. The van der Waals surface area contributed by atoms with Gasteiger partial charge in [0.1, 0.15) is 11.6 Å². The molecule has 2 aliphatic rings. The Balaban J connectivity index is 1.53. The fourth-order valence-electron chi connectivity index (χ4n) is 4.22. The van der Waals surface area contributed by atoms with Gasteiger partial charge in [-0.2, -0.15) is 0 Å². The lowest BCUT2D eigenvalue weighted by atomic mass is 10.0. The molecule has 0 unspecified atom stereocenters. The normalized spacial score (nSPS) is 17.8. The van der Waals surface area contributed by atoms with E-state index in [9.17, 15) is 18.4 Å². The smallest absolute Gasteiger partial charge is 0.261 e. The van der Waals surface area contributed by atoms with Crippen LogP contribution in [0, 0.1) is 11.6 Å². The highest BCUT2D eigenvalue weighted by Crippen LogP contribution is 2.33. The lowest BCUT2D eigenvalue weighted by Gasteiger charge is -2.30. The van der Waals surface area contributed by atoms with Crippen LogP contribution >= 0.6 is 0 Å². The lowest BCUT2D eigenvalue weighted by molar-refractivity contribution is -0.134. The van der Waals surface area contributed by atoms with Crippen molar-refractivity contribution < 1.29 is 23.1 Å². The number of nitrogens with one attached hydrogen (secondary N) is 1. The Morgan fingerprint density at radius 1 is 1.25 bits per heavy atom. The first-order valence-electron chi connectivity index (χ1n) is 10.6. The number of anilines is 1. The molecule has 4 rings (SSSR count). The molecule has 0 bridgehead atoms. The van der Waals surface area contributed by atoms with E-state index in [1.807, 2.05) is 0 Å². The molecule has 1 N–H and O–H groups in total. The minimum Gasteiger partial charge on any atom is -0.481 e. The lowest BCUT2D eigenvalue weighted by Crippen LogP contribution is -2.37. The van der Waals surface area contributed by atoms with Crippen LogP contribution in [0.2, 0.25) is 0 Å². The van der Waals surface area contributed by atoms with E-state index in [1.54, 1.807) is 16.8 Å². The molecule has 32 heavy (non-hydrogen) atoms. The summed E-state index contributed by atoms with van der Waals surface area (Å²) in [7, 11) is 1.78. The standard InChI is InChI=1S/C22H25F2N5O3/c1-13(30)28-9-7-15-17(11-28)26-22(27-21(15)25-2)18-4-3-8-29(18)20(31)12-32-19-6-5-14(23)10-16(19)24/h5-6,10,18H,3-4,7-9,11-12H2,1-2H3,(H,25,26,27)/t18-/m1/s1. The van der Waals surface area contributed by atoms with Gasteiger partial charge in [-0.05, 0) is 31.4 Å². The summed E-state index contributed by atoms with van der Waals surface area (Å²) >= 11 is 0. The van der Waals surface area contributed by atoms with Crippen molar-refractivity contribution in [1.29, 1.82) is 0 Å². The van der Waals surface area contributed by atoms with E-state index < -0.39 is 11.6 Å². The molecule has 1 aromatic heterocycles. The second-order valence-electron chi connectivity index (χ2n) is 7.90. The first kappa shape index (κ1) is 21.9. The molecule has 1 atom stereocenters. The minimum absolute atomic E-state index is 0.00957. The minimum atomic E-state index is -0.859. The first-order chi connectivity index (χ1) is 15.4. The maximum atomic E-state index is 13.8. The van der Waals surface area contributed by atoms with Crippen LogP contribution in [0.15, 0.2) is 18.2 Å². The zero-order valence-corrected chi connectivity index (χ0v) is 18.0. The van der Waals surface area contributed by atoms with E-state index in [4.69, 9.17) is 9.72 Å². The fourth-order valence-corrected chi connectivity index (χ4v) is 4.22. The average molecular weight is 445 g/mol. The number of benzene rings is 1. The molecule has 170 valence electrons. The maximum absolute atomic E-state index is 13.8. The molecule has 8 nitrogen and oxygen atoms in total. The van der Waals surface area contributed by atoms with E-state index in [-0.39, 0.29) is 30.2 Å². The van der Waals surface area contributed by atoms with Gasteiger partial charge in [-0.3, -0.25) is 9.59 Å². The molecule has 0 radical (unpaired) electrons. The van der Waals surface area contributed by atoms with Crippen LogP contribution in [-0.2, 0) is 22.6 Å². The Morgan fingerprint density at radius 2 is 2.06 bits per heavy atom. The van der Waals surface area contributed by atoms with Crippen LogP contribution in [0.1, 0.15) is 42.9 Å². The summed E-state index contributed by atoms with van der Waals surface area (Å²) < 4.78 is 32.2. The van der Waals surface area contributed by atoms with E-state index in [0.717, 1.165) is 29.8 Å². The predicted molar refractivity (Wildman–Crippen MR) is 112 cm³/mol. The number of carbonyl (C=O) groups excluding carboxylic acids is 2. The van der Waals surface area contributed by atoms with Crippen molar-refractivity contribution in [2.75, 3.05) is 32.1 Å². The SMILES string of the molecule is CNc1nc([C@H]2CCCN2C(=O)COc2ccc(F)cc2F)nc2c1CCN(C(C)=O)C2. The van der Waals surface area contributed by atoms with Crippen LogP contribution < -0.4 is 10.1 Å². The number of nitrogens with zero attached hydrogens (tertiary/aromatic N) is 4. The number of likely N-dealkylation sites (tertiary alicyclic amines) is 1. The summed E-state index contributed by atoms with van der Waals surface area (Å²) in [5, 5.41) is 3.11. The second kappa shape index (κ2) is 9.05. The molecular formula is C22H25F2N5O3. The van der Waals surface area contributed by atoms with Gasteiger partial charge in [0, 0.05) is 38.7 Å². The third-order valence-corrected chi connectivity index (χ3v) is 5.88. The third kappa shape index (κ3) is 4.35. The van der Waals surface area contributed by atoms with Crippen molar-refractivity contribution in [3.63, 3.8) is 0 Å². The Morgan fingerprint density at radius 3 is 2.78 bits per heavy atom. The molecule has 0 spiro atoms. The molecule has 10 heteroatoms. The largest absolute Gasteiger partial charge is 0.481 e. The van der Waals surface area contributed by atoms with Crippen LogP contribution in [0.25, 0.3) is 0 Å². The van der Waals surface area contributed by atoms with Gasteiger partial charge in [-0.25, -0.2) is 18.7 Å². The Kier molecular flexibility index (Phi) is 6.20. The van der Waals surface area contributed by atoms with E-state index in [1.165, 1.54) is 6.92 Å². The van der Waals surface area contributed by atoms with Gasteiger partial charge in [0.2, 0.25) is 5.91 Å². The highest BCUT2D eigenvalue weighted by molar-refractivity contribution is 5.78. The van der Waals surface area contributed by atoms with Gasteiger partial charge in [0.05, 0.1) is 18.3 Å². The van der Waals surface area contributed by atoms with Crippen molar-refractivity contribution in [2.45, 2.75) is 38.8 Å². The maximum Gasteiger partial charge on any atom is 0.261 e. The molecule has 0 aliphatic carbocycles. The Labute approximate surface area is 184 Å². The number of ether oxygens (including phenoxy) is 1. The van der Waals surface area contributed by atoms with Crippen LogP contribution in [0.5, 0.6) is 5.75 Å². The molecule has 3 heterocycles. The van der Waals surface area contributed by atoms with Gasteiger partial charge in [-0.1, -0.05) is 0 Å². The van der Waals surface area contributed by atoms with Crippen molar-refractivity contribution in [2.24, 2.45) is 0 Å². The number of hydrogen-bond acceptors (Lipinski definition) is 6. The van der Waals surface area contributed by atoms with Crippen LogP contribution in [0.3, 0.4) is 0 Å². The van der Waals surface area contributed by atoms with Crippen molar-refractivity contribution in [3.05, 3.63) is 46.9 Å². The summed E-state index contributed by atoms with van der Waals surface area (Å²) in [6.07, 6.45) is 2.13. The van der Waals surface area contributed by atoms with Crippen molar-refractivity contribution in [1.82, 2.24) is 19.8 Å². The number of carbonyl (C=O) groups is 2. The summed E-state index contributed by atoms with van der Waals surface area (Å²) in [4.78, 5) is 37.4. The number of aromatic nitrogens is 2. The number of halogens is 2. The topological polar surface area (TPSA) is 87.7 Å². The highest BCUT2D eigenvalue weighted by Gasteiger charge is 2.34. The zero-order chi connectivity index (χ0) is 22.8.